The number of urea groups is 1. The maximum Gasteiger partial charge on any atom is 0.334 e. The van der Waals surface area contributed by atoms with Gasteiger partial charge in [-0.05, 0) is 56.1 Å². The number of anilines is 1. The average Bonchev–Trinajstić information content (AvgIpc) is 3.49. The molecule has 2 heterocycles. The van der Waals surface area contributed by atoms with E-state index in [0.717, 1.165) is 29.1 Å². The highest BCUT2D eigenvalue weighted by molar-refractivity contribution is 6.45. The van der Waals surface area contributed by atoms with Crippen molar-refractivity contribution >= 4 is 29.4 Å². The first-order valence-electron chi connectivity index (χ1n) is 10.3. The van der Waals surface area contributed by atoms with E-state index >= 15 is 0 Å². The molecule has 0 spiro atoms. The van der Waals surface area contributed by atoms with Crippen LogP contribution in [0.2, 0.25) is 0 Å². The van der Waals surface area contributed by atoms with E-state index in [0.29, 0.717) is 29.0 Å². The van der Waals surface area contributed by atoms with E-state index < -0.39 is 30.3 Å². The summed E-state index contributed by atoms with van der Waals surface area (Å²) < 4.78 is 10.5. The van der Waals surface area contributed by atoms with Crippen molar-refractivity contribution in [1.82, 2.24) is 9.80 Å². The Morgan fingerprint density at radius 3 is 2.67 bits per heavy atom. The normalized spacial score (nSPS) is 27.9. The number of hydrogen-bond acceptors (Lipinski definition) is 6. The van der Waals surface area contributed by atoms with Crippen LogP contribution >= 0.6 is 0 Å². The Kier molecular flexibility index (Phi) is 4.41. The molecule has 2 aliphatic heterocycles. The van der Waals surface area contributed by atoms with E-state index in [1.165, 1.54) is 6.42 Å². The molecule has 4 aliphatic rings. The van der Waals surface area contributed by atoms with E-state index in [2.05, 4.69) is 5.32 Å². The first kappa shape index (κ1) is 18.9. The third-order valence-corrected chi connectivity index (χ3v) is 6.86. The van der Waals surface area contributed by atoms with Gasteiger partial charge in [-0.15, -0.1) is 0 Å². The number of benzene rings is 1. The molecule has 30 heavy (non-hydrogen) atoms. The van der Waals surface area contributed by atoms with Crippen molar-refractivity contribution < 1.29 is 28.7 Å². The highest BCUT2D eigenvalue weighted by atomic mass is 16.7. The van der Waals surface area contributed by atoms with Gasteiger partial charge in [0, 0.05) is 17.8 Å². The van der Waals surface area contributed by atoms with Crippen LogP contribution in [-0.2, 0) is 14.4 Å². The van der Waals surface area contributed by atoms with Crippen LogP contribution in [0.15, 0.2) is 18.2 Å². The maximum atomic E-state index is 12.9. The van der Waals surface area contributed by atoms with Crippen LogP contribution in [0.25, 0.3) is 0 Å². The summed E-state index contributed by atoms with van der Waals surface area (Å²) in [6.45, 7) is 1.44. The Balaban J connectivity index is 1.25. The van der Waals surface area contributed by atoms with Crippen molar-refractivity contribution in [3.05, 3.63) is 18.2 Å². The first-order chi connectivity index (χ1) is 14.4. The van der Waals surface area contributed by atoms with Gasteiger partial charge < -0.3 is 14.8 Å². The Hall–Kier alpha value is -3.10. The van der Waals surface area contributed by atoms with Crippen LogP contribution in [0.1, 0.15) is 32.6 Å². The van der Waals surface area contributed by atoms with Gasteiger partial charge in [-0.1, -0.05) is 6.42 Å². The quantitative estimate of drug-likeness (QED) is 0.585. The minimum absolute atomic E-state index is 0.113. The second kappa shape index (κ2) is 7.00. The number of carbonyl (C=O) groups is 4. The average molecular weight is 413 g/mol. The van der Waals surface area contributed by atoms with E-state index in [1.807, 2.05) is 6.92 Å². The monoisotopic (exact) mass is 413 g/mol. The fraction of sp³-hybridized carbons (Fsp3) is 0.524. The second-order valence-corrected chi connectivity index (χ2v) is 8.54. The molecule has 2 saturated carbocycles. The minimum atomic E-state index is -0.948. The van der Waals surface area contributed by atoms with Gasteiger partial charge >= 0.3 is 17.8 Å². The van der Waals surface area contributed by atoms with Gasteiger partial charge in [0.2, 0.25) is 12.7 Å². The molecule has 1 N–H and O–H groups in total. The summed E-state index contributed by atoms with van der Waals surface area (Å²) in [6, 6.07) is 3.84. The number of carbonyl (C=O) groups excluding carboxylic acids is 4. The molecule has 9 heteroatoms. The Morgan fingerprint density at radius 1 is 1.13 bits per heavy atom. The molecule has 3 fully saturated rings. The molecular formula is C21H23N3O6. The highest BCUT2D eigenvalue weighted by Crippen LogP contribution is 2.50. The summed E-state index contributed by atoms with van der Waals surface area (Å²) in [5.41, 5.74) is 0.446. The number of nitrogens with one attached hydrogen (secondary N) is 1. The van der Waals surface area contributed by atoms with Crippen molar-refractivity contribution in [2.45, 2.75) is 38.6 Å². The predicted molar refractivity (Wildman–Crippen MR) is 104 cm³/mol. The lowest BCUT2D eigenvalue weighted by Crippen LogP contribution is -2.45. The molecule has 2 aliphatic carbocycles. The SMILES string of the molecule is C[C@H]([C@@H]1C[C@H]2CC[C@H]1C2)N1C(=O)C(=O)N(CC(=O)Nc2ccc3c(c2)OCO3)C1=O. The molecule has 1 aromatic rings. The van der Waals surface area contributed by atoms with Crippen LogP contribution in [0, 0.1) is 17.8 Å². The van der Waals surface area contributed by atoms with E-state index in [4.69, 9.17) is 9.47 Å². The summed E-state index contributed by atoms with van der Waals surface area (Å²) in [5, 5.41) is 2.63. The fourth-order valence-corrected chi connectivity index (χ4v) is 5.42. The van der Waals surface area contributed by atoms with Crippen molar-refractivity contribution in [1.29, 1.82) is 0 Å². The molecule has 4 atom stereocenters. The van der Waals surface area contributed by atoms with E-state index in [-0.39, 0.29) is 18.8 Å². The number of rotatable bonds is 5. The molecule has 9 nitrogen and oxygen atoms in total. The van der Waals surface area contributed by atoms with Crippen molar-refractivity contribution in [3.63, 3.8) is 0 Å². The number of nitrogens with zero attached hydrogens (tertiary/aromatic N) is 2. The lowest BCUT2D eigenvalue weighted by molar-refractivity contribution is -0.144. The van der Waals surface area contributed by atoms with E-state index in [9.17, 15) is 19.2 Å². The van der Waals surface area contributed by atoms with Gasteiger partial charge in [-0.2, -0.15) is 0 Å². The van der Waals surface area contributed by atoms with Gasteiger partial charge in [0.05, 0.1) is 0 Å². The molecular weight excluding hydrogens is 390 g/mol. The number of ether oxygens (including phenoxy) is 2. The Labute approximate surface area is 173 Å². The number of amides is 5. The standard InChI is InChI=1S/C21H23N3O6/c1-11(15-7-12-2-3-13(15)6-12)24-20(27)19(26)23(21(24)28)9-18(25)22-14-4-5-16-17(8-14)30-10-29-16/h4-5,8,11-13,15H,2-3,6-7,9-10H2,1H3,(H,22,25)/t11-,12+,13+,15+/m1/s1. The number of fused-ring (bicyclic) bond motifs is 3. The maximum absolute atomic E-state index is 12.9. The second-order valence-electron chi connectivity index (χ2n) is 8.54. The summed E-state index contributed by atoms with van der Waals surface area (Å²) in [7, 11) is 0. The molecule has 0 radical (unpaired) electrons. The summed E-state index contributed by atoms with van der Waals surface area (Å²) in [4.78, 5) is 52.1. The van der Waals surface area contributed by atoms with Crippen LogP contribution in [-0.4, -0.2) is 52.9 Å². The fourth-order valence-electron chi connectivity index (χ4n) is 5.42. The van der Waals surface area contributed by atoms with Crippen LogP contribution in [0.5, 0.6) is 11.5 Å². The third kappa shape index (κ3) is 3.00. The molecule has 1 aromatic carbocycles. The van der Waals surface area contributed by atoms with Crippen LogP contribution < -0.4 is 14.8 Å². The van der Waals surface area contributed by atoms with Crippen molar-refractivity contribution in [2.24, 2.45) is 17.8 Å². The zero-order chi connectivity index (χ0) is 21.0. The number of hydrogen-bond donors (Lipinski definition) is 1. The van der Waals surface area contributed by atoms with Gasteiger partial charge in [-0.3, -0.25) is 19.3 Å². The smallest absolute Gasteiger partial charge is 0.334 e. The van der Waals surface area contributed by atoms with Gasteiger partial charge in [0.1, 0.15) is 6.54 Å². The van der Waals surface area contributed by atoms with Crippen LogP contribution in [0.3, 0.4) is 0 Å². The lowest BCUT2D eigenvalue weighted by Gasteiger charge is -2.32. The molecule has 0 aromatic heterocycles. The molecule has 158 valence electrons. The third-order valence-electron chi connectivity index (χ3n) is 6.86. The Morgan fingerprint density at radius 2 is 1.93 bits per heavy atom. The molecule has 5 rings (SSSR count). The molecule has 5 amide bonds. The van der Waals surface area contributed by atoms with Crippen LogP contribution in [0.4, 0.5) is 10.5 Å². The minimum Gasteiger partial charge on any atom is -0.454 e. The summed E-state index contributed by atoms with van der Waals surface area (Å²) >= 11 is 0. The predicted octanol–water partition coefficient (Wildman–Crippen LogP) is 1.97. The largest absolute Gasteiger partial charge is 0.454 e. The van der Waals surface area contributed by atoms with Gasteiger partial charge in [0.25, 0.3) is 0 Å². The lowest BCUT2D eigenvalue weighted by atomic mass is 9.83. The van der Waals surface area contributed by atoms with E-state index in [1.54, 1.807) is 18.2 Å². The topological polar surface area (TPSA) is 105 Å². The molecule has 0 unspecified atom stereocenters. The molecule has 1 saturated heterocycles. The first-order valence-corrected chi connectivity index (χ1v) is 10.3. The number of imide groups is 2. The zero-order valence-corrected chi connectivity index (χ0v) is 16.6. The highest BCUT2D eigenvalue weighted by Gasteiger charge is 2.52. The van der Waals surface area contributed by atoms with Crippen molar-refractivity contribution in [2.75, 3.05) is 18.7 Å². The zero-order valence-electron chi connectivity index (χ0n) is 16.6. The van der Waals surface area contributed by atoms with Crippen molar-refractivity contribution in [3.8, 4) is 11.5 Å². The molecule has 2 bridgehead atoms. The summed E-state index contributed by atoms with van der Waals surface area (Å²) in [6.07, 6.45) is 4.45. The summed E-state index contributed by atoms with van der Waals surface area (Å²) in [5.74, 6) is 0.112. The van der Waals surface area contributed by atoms with Gasteiger partial charge in [0.15, 0.2) is 11.5 Å². The van der Waals surface area contributed by atoms with Gasteiger partial charge in [-0.25, -0.2) is 9.69 Å². The Bertz CT molecular complexity index is 947.